The summed E-state index contributed by atoms with van der Waals surface area (Å²) in [5.74, 6) is -1.97. The Morgan fingerprint density at radius 1 is 1.16 bits per heavy atom. The molecule has 1 aliphatic carbocycles. The minimum atomic E-state index is -1.89. The number of pyridine rings is 1. The van der Waals surface area contributed by atoms with Gasteiger partial charge in [0, 0.05) is 12.6 Å². The van der Waals surface area contributed by atoms with Crippen LogP contribution in [0.4, 0.5) is 0 Å². The van der Waals surface area contributed by atoms with Gasteiger partial charge in [-0.3, -0.25) is 10.4 Å². The van der Waals surface area contributed by atoms with Gasteiger partial charge in [-0.25, -0.2) is 0 Å². The molecule has 25 heavy (non-hydrogen) atoms. The van der Waals surface area contributed by atoms with E-state index in [1.807, 2.05) is 12.1 Å². The lowest BCUT2D eigenvalue weighted by atomic mass is 9.52. The zero-order chi connectivity index (χ0) is 17.7. The van der Waals surface area contributed by atoms with E-state index in [9.17, 15) is 15.8 Å². The van der Waals surface area contributed by atoms with E-state index < -0.39 is 28.6 Å². The average molecular weight is 333 g/mol. The van der Waals surface area contributed by atoms with Gasteiger partial charge in [-0.15, -0.1) is 0 Å². The highest BCUT2D eigenvalue weighted by molar-refractivity contribution is 5.89. The summed E-state index contributed by atoms with van der Waals surface area (Å²) < 4.78 is 12.0. The molecule has 0 amide bonds. The molecule has 4 rings (SSSR count). The third kappa shape index (κ3) is 1.60. The van der Waals surface area contributed by atoms with Crippen LogP contribution in [0.5, 0.6) is 0 Å². The lowest BCUT2D eigenvalue weighted by Gasteiger charge is -2.51. The number of rotatable bonds is 1. The molecule has 3 aliphatic rings. The quantitative estimate of drug-likeness (QED) is 0.841. The number of hydrogen-bond donors (Lipinski definition) is 1. The first-order valence-corrected chi connectivity index (χ1v) is 8.21. The summed E-state index contributed by atoms with van der Waals surface area (Å²) in [6.07, 6.45) is 3.29. The first-order valence-electron chi connectivity index (χ1n) is 8.21. The zero-order valence-electron chi connectivity index (χ0n) is 13.4. The number of aromatic nitrogens is 1. The van der Waals surface area contributed by atoms with Crippen LogP contribution in [0.2, 0.25) is 0 Å². The molecule has 3 heterocycles. The number of ether oxygens (including phenoxy) is 2. The monoisotopic (exact) mass is 333 g/mol. The van der Waals surface area contributed by atoms with Crippen molar-refractivity contribution in [1.29, 1.82) is 21.2 Å². The fourth-order valence-electron chi connectivity index (χ4n) is 4.66. The molecule has 0 radical (unpaired) electrons. The van der Waals surface area contributed by atoms with Gasteiger partial charge in [0.25, 0.3) is 0 Å². The number of nitriles is 3. The molecule has 7 nitrogen and oxygen atoms in total. The molecule has 1 aromatic rings. The van der Waals surface area contributed by atoms with Crippen LogP contribution in [0.15, 0.2) is 24.4 Å². The van der Waals surface area contributed by atoms with Gasteiger partial charge >= 0.3 is 0 Å². The maximum Gasteiger partial charge on any atom is 0.217 e. The molecule has 2 saturated heterocycles. The molecule has 0 unspecified atom stereocenters. The van der Waals surface area contributed by atoms with E-state index in [0.717, 1.165) is 12.8 Å². The van der Waals surface area contributed by atoms with E-state index in [-0.39, 0.29) is 5.90 Å². The highest BCUT2D eigenvalue weighted by Crippen LogP contribution is 2.69. The fraction of sp³-hybridized carbons (Fsp3) is 0.500. The summed E-state index contributed by atoms with van der Waals surface area (Å²) in [5, 5.41) is 38.5. The maximum absolute atomic E-state index is 10.1. The molecule has 124 valence electrons. The van der Waals surface area contributed by atoms with Crippen molar-refractivity contribution in [2.45, 2.75) is 37.6 Å². The first kappa shape index (κ1) is 15.6. The SMILES string of the molecule is N#CC1(C#N)[C@@H](c2ccccn2)O[C@@]23CCCC[C@@H]2[C@]1(C#N)C(=N)O3. The van der Waals surface area contributed by atoms with Crippen molar-refractivity contribution < 1.29 is 9.47 Å². The van der Waals surface area contributed by atoms with Gasteiger partial charge in [0.1, 0.15) is 6.10 Å². The van der Waals surface area contributed by atoms with Gasteiger partial charge in [0.05, 0.1) is 29.8 Å². The molecular formula is C18H15N5O2. The summed E-state index contributed by atoms with van der Waals surface area (Å²) >= 11 is 0. The summed E-state index contributed by atoms with van der Waals surface area (Å²) in [4.78, 5) is 4.25. The van der Waals surface area contributed by atoms with Crippen LogP contribution in [-0.4, -0.2) is 16.7 Å². The van der Waals surface area contributed by atoms with Crippen molar-refractivity contribution in [2.75, 3.05) is 0 Å². The molecule has 1 N–H and O–H groups in total. The van der Waals surface area contributed by atoms with E-state index >= 15 is 0 Å². The van der Waals surface area contributed by atoms with Gasteiger partial charge in [-0.2, -0.15) is 15.8 Å². The molecule has 2 aliphatic heterocycles. The third-order valence-corrected chi connectivity index (χ3v) is 5.77. The summed E-state index contributed by atoms with van der Waals surface area (Å²) in [6, 6.07) is 11.3. The van der Waals surface area contributed by atoms with E-state index in [4.69, 9.17) is 14.9 Å². The van der Waals surface area contributed by atoms with Crippen LogP contribution in [0.1, 0.15) is 37.5 Å². The molecule has 0 spiro atoms. The second-order valence-corrected chi connectivity index (χ2v) is 6.75. The maximum atomic E-state index is 10.1. The molecule has 1 saturated carbocycles. The Balaban J connectivity index is 2.01. The normalized spacial score (nSPS) is 37.7. The molecule has 1 aromatic heterocycles. The van der Waals surface area contributed by atoms with Crippen molar-refractivity contribution in [3.05, 3.63) is 30.1 Å². The standard InChI is InChI=1S/C18H15N5O2/c19-9-16(10-20)14(12-5-2-4-8-23-12)24-18-7-3-1-6-13(18)17(16,11-21)15(22)25-18/h2,4-5,8,13-14,22H,1,3,6-7H2/t13-,14-,17-,18-/m1/s1. The number of hydrogen-bond acceptors (Lipinski definition) is 7. The Bertz CT molecular complexity index is 850. The van der Waals surface area contributed by atoms with Crippen molar-refractivity contribution >= 4 is 5.90 Å². The van der Waals surface area contributed by atoms with Crippen LogP contribution in [0, 0.1) is 56.2 Å². The molecule has 4 atom stereocenters. The lowest BCUT2D eigenvalue weighted by Crippen LogP contribution is -2.60. The van der Waals surface area contributed by atoms with Gasteiger partial charge < -0.3 is 9.47 Å². The van der Waals surface area contributed by atoms with E-state index in [2.05, 4.69) is 11.1 Å². The van der Waals surface area contributed by atoms with E-state index in [1.165, 1.54) is 0 Å². The predicted octanol–water partition coefficient (Wildman–Crippen LogP) is 2.59. The Kier molecular flexibility index (Phi) is 3.13. The largest absolute Gasteiger partial charge is 0.447 e. The molecular weight excluding hydrogens is 318 g/mol. The van der Waals surface area contributed by atoms with Crippen LogP contribution in [0.3, 0.4) is 0 Å². The second kappa shape index (κ2) is 5.02. The van der Waals surface area contributed by atoms with Crippen LogP contribution < -0.4 is 0 Å². The molecule has 0 aromatic carbocycles. The van der Waals surface area contributed by atoms with Gasteiger partial charge in [0.15, 0.2) is 5.41 Å². The summed E-state index contributed by atoms with van der Waals surface area (Å²) in [6.45, 7) is 0. The lowest BCUT2D eigenvalue weighted by molar-refractivity contribution is -0.295. The Morgan fingerprint density at radius 2 is 1.96 bits per heavy atom. The average Bonchev–Trinajstić information content (AvgIpc) is 2.87. The van der Waals surface area contributed by atoms with Gasteiger partial charge in [-0.05, 0) is 25.0 Å². The number of nitrogens with one attached hydrogen (secondary N) is 1. The number of nitrogens with zero attached hydrogens (tertiary/aromatic N) is 4. The second-order valence-electron chi connectivity index (χ2n) is 6.75. The zero-order valence-corrected chi connectivity index (χ0v) is 13.4. The minimum absolute atomic E-state index is 0.330. The van der Waals surface area contributed by atoms with Crippen LogP contribution in [-0.2, 0) is 9.47 Å². The van der Waals surface area contributed by atoms with Gasteiger partial charge in [-0.1, -0.05) is 12.5 Å². The predicted molar refractivity (Wildman–Crippen MR) is 83.3 cm³/mol. The van der Waals surface area contributed by atoms with Crippen molar-refractivity contribution in [3.8, 4) is 18.2 Å². The van der Waals surface area contributed by atoms with E-state index in [0.29, 0.717) is 18.5 Å². The van der Waals surface area contributed by atoms with Crippen LogP contribution >= 0.6 is 0 Å². The van der Waals surface area contributed by atoms with Crippen molar-refractivity contribution in [2.24, 2.45) is 16.7 Å². The first-order chi connectivity index (χ1) is 12.1. The highest BCUT2D eigenvalue weighted by atomic mass is 16.7. The molecule has 2 bridgehead atoms. The summed E-state index contributed by atoms with van der Waals surface area (Å²) in [5.41, 5.74) is -3.15. The molecule has 7 heteroatoms. The Morgan fingerprint density at radius 3 is 2.60 bits per heavy atom. The minimum Gasteiger partial charge on any atom is -0.447 e. The van der Waals surface area contributed by atoms with Crippen LogP contribution in [0.25, 0.3) is 0 Å². The third-order valence-electron chi connectivity index (χ3n) is 5.77. The van der Waals surface area contributed by atoms with Crippen molar-refractivity contribution in [3.63, 3.8) is 0 Å². The molecule has 3 fully saturated rings. The Labute approximate surface area is 144 Å². The smallest absolute Gasteiger partial charge is 0.217 e. The highest BCUT2D eigenvalue weighted by Gasteiger charge is 2.80. The Hall–Kier alpha value is -2.95. The fourth-order valence-corrected chi connectivity index (χ4v) is 4.66. The van der Waals surface area contributed by atoms with E-state index in [1.54, 1.807) is 24.4 Å². The van der Waals surface area contributed by atoms with Gasteiger partial charge in [0.2, 0.25) is 17.1 Å². The topological polar surface area (TPSA) is 127 Å². The van der Waals surface area contributed by atoms with Crippen molar-refractivity contribution in [1.82, 2.24) is 4.98 Å². The summed E-state index contributed by atoms with van der Waals surface area (Å²) in [7, 11) is 0.